The fourth-order valence-electron chi connectivity index (χ4n) is 2.23. The lowest BCUT2D eigenvalue weighted by Gasteiger charge is -2.20. The summed E-state index contributed by atoms with van der Waals surface area (Å²) in [5.74, 6) is -0.134. The molecule has 0 atom stereocenters. The highest BCUT2D eigenvalue weighted by atomic mass is 19.1. The Bertz CT molecular complexity index is 407. The first-order valence-electron chi connectivity index (χ1n) is 7.89. The van der Waals surface area contributed by atoms with E-state index in [0.29, 0.717) is 5.69 Å². The first-order valence-corrected chi connectivity index (χ1v) is 7.89. The molecule has 0 amide bonds. The van der Waals surface area contributed by atoms with Crippen molar-refractivity contribution in [3.05, 3.63) is 29.6 Å². The molecule has 0 fully saturated rings. The van der Waals surface area contributed by atoms with Gasteiger partial charge in [-0.15, -0.1) is 0 Å². The zero-order valence-electron chi connectivity index (χ0n) is 14.0. The molecular weight excluding hydrogens is 265 g/mol. The summed E-state index contributed by atoms with van der Waals surface area (Å²) in [5, 5.41) is 3.42. The van der Waals surface area contributed by atoms with Crippen LogP contribution >= 0.6 is 0 Å². The average Bonchev–Trinajstić information content (AvgIpc) is 2.45. The van der Waals surface area contributed by atoms with Gasteiger partial charge >= 0.3 is 0 Å². The Morgan fingerprint density at radius 3 is 2.52 bits per heavy atom. The van der Waals surface area contributed by atoms with E-state index in [1.165, 1.54) is 0 Å². The van der Waals surface area contributed by atoms with E-state index in [4.69, 9.17) is 0 Å². The highest BCUT2D eigenvalue weighted by Crippen LogP contribution is 2.20. The molecule has 0 bridgehead atoms. The maximum atomic E-state index is 13.9. The van der Waals surface area contributed by atoms with Gasteiger partial charge in [0.25, 0.3) is 0 Å². The van der Waals surface area contributed by atoms with Gasteiger partial charge in [-0.2, -0.15) is 0 Å². The van der Waals surface area contributed by atoms with E-state index in [-0.39, 0.29) is 5.82 Å². The van der Waals surface area contributed by atoms with E-state index in [9.17, 15) is 4.39 Å². The van der Waals surface area contributed by atoms with Crippen LogP contribution in [-0.2, 0) is 6.54 Å². The van der Waals surface area contributed by atoms with Crippen LogP contribution in [-0.4, -0.2) is 45.7 Å². The van der Waals surface area contributed by atoms with Crippen molar-refractivity contribution >= 4 is 5.69 Å². The summed E-state index contributed by atoms with van der Waals surface area (Å²) >= 11 is 0. The molecular formula is C17H30FN3. The topological polar surface area (TPSA) is 18.5 Å². The SMILES string of the molecule is CCCCN(C)c1cc(CNCCCN(C)C)ccc1F. The van der Waals surface area contributed by atoms with E-state index in [1.54, 1.807) is 6.07 Å². The zero-order valence-corrected chi connectivity index (χ0v) is 14.0. The molecule has 120 valence electrons. The van der Waals surface area contributed by atoms with Gasteiger partial charge in [-0.1, -0.05) is 19.4 Å². The molecule has 3 nitrogen and oxygen atoms in total. The number of nitrogens with zero attached hydrogens (tertiary/aromatic N) is 2. The number of hydrogen-bond acceptors (Lipinski definition) is 3. The van der Waals surface area contributed by atoms with Crippen LogP contribution in [0.2, 0.25) is 0 Å². The fraction of sp³-hybridized carbons (Fsp3) is 0.647. The molecule has 21 heavy (non-hydrogen) atoms. The van der Waals surface area contributed by atoms with E-state index < -0.39 is 0 Å². The molecule has 0 saturated heterocycles. The molecule has 0 aliphatic carbocycles. The number of halogens is 1. The first-order chi connectivity index (χ1) is 10.0. The molecule has 0 heterocycles. The van der Waals surface area contributed by atoms with Gasteiger partial charge in [0.2, 0.25) is 0 Å². The van der Waals surface area contributed by atoms with Crippen LogP contribution in [0, 0.1) is 5.82 Å². The van der Waals surface area contributed by atoms with Gasteiger partial charge in [-0.3, -0.25) is 0 Å². The summed E-state index contributed by atoms with van der Waals surface area (Å²) in [6.07, 6.45) is 3.33. The lowest BCUT2D eigenvalue weighted by Crippen LogP contribution is -2.22. The molecule has 0 aliphatic rings. The van der Waals surface area contributed by atoms with E-state index >= 15 is 0 Å². The van der Waals surface area contributed by atoms with Crippen LogP contribution < -0.4 is 10.2 Å². The summed E-state index contributed by atoms with van der Waals surface area (Å²) < 4.78 is 13.9. The highest BCUT2D eigenvalue weighted by Gasteiger charge is 2.08. The quantitative estimate of drug-likeness (QED) is 0.669. The molecule has 0 aromatic heterocycles. The molecule has 0 radical (unpaired) electrons. The lowest BCUT2D eigenvalue weighted by molar-refractivity contribution is 0.394. The van der Waals surface area contributed by atoms with Crippen molar-refractivity contribution in [3.63, 3.8) is 0 Å². The van der Waals surface area contributed by atoms with Crippen LogP contribution in [0.15, 0.2) is 18.2 Å². The normalized spacial score (nSPS) is 11.1. The predicted octanol–water partition coefficient (Wildman–Crippen LogP) is 3.10. The Kier molecular flexibility index (Phi) is 8.31. The number of benzene rings is 1. The molecule has 0 saturated carbocycles. The smallest absolute Gasteiger partial charge is 0.146 e. The monoisotopic (exact) mass is 295 g/mol. The number of anilines is 1. The Labute approximate surface area is 129 Å². The minimum atomic E-state index is -0.134. The number of rotatable bonds is 10. The average molecular weight is 295 g/mol. The third-order valence-corrected chi connectivity index (χ3v) is 3.56. The van der Waals surface area contributed by atoms with Crippen LogP contribution in [0.4, 0.5) is 10.1 Å². The van der Waals surface area contributed by atoms with Crippen LogP contribution in [0.5, 0.6) is 0 Å². The molecule has 1 aromatic carbocycles. The Hall–Kier alpha value is -1.13. The second kappa shape index (κ2) is 9.74. The maximum absolute atomic E-state index is 13.9. The lowest BCUT2D eigenvalue weighted by atomic mass is 10.1. The molecule has 0 aliphatic heterocycles. The molecule has 0 spiro atoms. The molecule has 1 rings (SSSR count). The van der Waals surface area contributed by atoms with Gasteiger partial charge in [0.05, 0.1) is 5.69 Å². The Morgan fingerprint density at radius 2 is 1.86 bits per heavy atom. The van der Waals surface area contributed by atoms with Gasteiger partial charge in [-0.25, -0.2) is 4.39 Å². The summed E-state index contributed by atoms with van der Waals surface area (Å²) in [6.45, 7) is 5.91. The van der Waals surface area contributed by atoms with Gasteiger partial charge in [0, 0.05) is 20.1 Å². The minimum Gasteiger partial charge on any atom is -0.372 e. The van der Waals surface area contributed by atoms with Crippen LogP contribution in [0.3, 0.4) is 0 Å². The van der Waals surface area contributed by atoms with Crippen LogP contribution in [0.25, 0.3) is 0 Å². The molecule has 1 aromatic rings. The van der Waals surface area contributed by atoms with E-state index in [2.05, 4.69) is 31.2 Å². The van der Waals surface area contributed by atoms with Gasteiger partial charge < -0.3 is 15.1 Å². The van der Waals surface area contributed by atoms with Crippen molar-refractivity contribution in [1.29, 1.82) is 0 Å². The molecule has 4 heteroatoms. The summed E-state index contributed by atoms with van der Waals surface area (Å²) in [7, 11) is 6.12. The van der Waals surface area contributed by atoms with Gasteiger partial charge in [0.15, 0.2) is 0 Å². The summed E-state index contributed by atoms with van der Waals surface area (Å²) in [6, 6.07) is 5.41. The standard InChI is InChI=1S/C17H30FN3/c1-5-6-12-21(4)17-13-15(8-9-16(17)18)14-19-10-7-11-20(2)3/h8-9,13,19H,5-7,10-12,14H2,1-4H3. The molecule has 0 unspecified atom stereocenters. The third-order valence-electron chi connectivity index (χ3n) is 3.56. The third kappa shape index (κ3) is 6.91. The van der Waals surface area contributed by atoms with Crippen molar-refractivity contribution < 1.29 is 4.39 Å². The van der Waals surface area contributed by atoms with Gasteiger partial charge in [-0.05, 0) is 57.7 Å². The van der Waals surface area contributed by atoms with Crippen molar-refractivity contribution in [1.82, 2.24) is 10.2 Å². The van der Waals surface area contributed by atoms with Crippen LogP contribution in [0.1, 0.15) is 31.7 Å². The molecule has 1 N–H and O–H groups in total. The highest BCUT2D eigenvalue weighted by molar-refractivity contribution is 5.49. The number of nitrogens with one attached hydrogen (secondary N) is 1. The van der Waals surface area contributed by atoms with E-state index in [0.717, 1.165) is 51.0 Å². The second-order valence-electron chi connectivity index (χ2n) is 5.89. The largest absolute Gasteiger partial charge is 0.372 e. The Morgan fingerprint density at radius 1 is 1.10 bits per heavy atom. The number of unbranched alkanes of at least 4 members (excludes halogenated alkanes) is 1. The predicted molar refractivity (Wildman–Crippen MR) is 89.5 cm³/mol. The van der Waals surface area contributed by atoms with E-state index in [1.807, 2.05) is 24.1 Å². The fourth-order valence-corrected chi connectivity index (χ4v) is 2.23. The summed E-state index contributed by atoms with van der Waals surface area (Å²) in [4.78, 5) is 4.19. The minimum absolute atomic E-state index is 0.134. The van der Waals surface area contributed by atoms with Gasteiger partial charge in [0.1, 0.15) is 5.82 Å². The maximum Gasteiger partial charge on any atom is 0.146 e. The van der Waals surface area contributed by atoms with Crippen molar-refractivity contribution in [2.75, 3.05) is 45.7 Å². The van der Waals surface area contributed by atoms with Crippen molar-refractivity contribution in [2.45, 2.75) is 32.7 Å². The Balaban J connectivity index is 2.48. The second-order valence-corrected chi connectivity index (χ2v) is 5.89. The first kappa shape index (κ1) is 17.9. The number of hydrogen-bond donors (Lipinski definition) is 1. The summed E-state index contributed by atoms with van der Waals surface area (Å²) in [5.41, 5.74) is 1.84. The van der Waals surface area contributed by atoms with Crippen molar-refractivity contribution in [3.8, 4) is 0 Å². The zero-order chi connectivity index (χ0) is 15.7. The van der Waals surface area contributed by atoms with Crippen molar-refractivity contribution in [2.24, 2.45) is 0 Å².